The number of aliphatic imine (C=N–C) groups is 1. The van der Waals surface area contributed by atoms with E-state index in [0.717, 1.165) is 24.3 Å². The lowest BCUT2D eigenvalue weighted by atomic mass is 9.99. The molecular weight excluding hydrogens is 334 g/mol. The summed E-state index contributed by atoms with van der Waals surface area (Å²) in [4.78, 5) is 15.9. The van der Waals surface area contributed by atoms with E-state index in [1.807, 2.05) is 12.1 Å². The van der Waals surface area contributed by atoms with E-state index in [1.54, 1.807) is 19.4 Å². The summed E-state index contributed by atoms with van der Waals surface area (Å²) in [5.41, 5.74) is 0.979. The van der Waals surface area contributed by atoms with Crippen LogP contribution in [0, 0.1) is 0 Å². The SMILES string of the molecule is CCC(CC)c1cc(CNC(=NC)NCC(=O)NCc2ccco2)on1. The van der Waals surface area contributed by atoms with E-state index in [0.29, 0.717) is 30.7 Å². The minimum atomic E-state index is -0.153. The van der Waals surface area contributed by atoms with Crippen LogP contribution in [-0.4, -0.2) is 30.6 Å². The number of hydrogen-bond donors (Lipinski definition) is 3. The number of nitrogens with one attached hydrogen (secondary N) is 3. The summed E-state index contributed by atoms with van der Waals surface area (Å²) in [5, 5.41) is 13.0. The second-order valence-corrected chi connectivity index (χ2v) is 5.87. The van der Waals surface area contributed by atoms with Crippen molar-refractivity contribution in [1.82, 2.24) is 21.1 Å². The van der Waals surface area contributed by atoms with Crippen LogP contribution in [0.4, 0.5) is 0 Å². The molecule has 0 fully saturated rings. The van der Waals surface area contributed by atoms with Gasteiger partial charge in [0.05, 0.1) is 31.6 Å². The standard InChI is InChI=1S/C18H27N5O3/c1-4-13(5-2)16-9-15(26-23-16)11-21-18(19-3)22-12-17(24)20-10-14-7-6-8-25-14/h6-9,13H,4-5,10-12H2,1-3H3,(H,20,24)(H2,19,21,22). The summed E-state index contributed by atoms with van der Waals surface area (Å²) >= 11 is 0. The molecule has 0 aliphatic rings. The molecule has 0 aliphatic carbocycles. The Kier molecular flexibility index (Phi) is 7.73. The van der Waals surface area contributed by atoms with Crippen LogP contribution in [0.15, 0.2) is 38.4 Å². The monoisotopic (exact) mass is 361 g/mol. The molecular formula is C18H27N5O3. The lowest BCUT2D eigenvalue weighted by molar-refractivity contribution is -0.120. The molecule has 0 saturated carbocycles. The normalized spacial score (nSPS) is 11.6. The summed E-state index contributed by atoms with van der Waals surface area (Å²) in [5.74, 6) is 2.22. The second-order valence-electron chi connectivity index (χ2n) is 5.87. The van der Waals surface area contributed by atoms with Gasteiger partial charge < -0.3 is 24.9 Å². The minimum absolute atomic E-state index is 0.107. The second kappa shape index (κ2) is 10.3. The molecule has 0 radical (unpaired) electrons. The van der Waals surface area contributed by atoms with E-state index in [9.17, 15) is 4.79 Å². The Morgan fingerprint density at radius 1 is 1.19 bits per heavy atom. The molecule has 2 heterocycles. The van der Waals surface area contributed by atoms with Crippen molar-refractivity contribution in [3.63, 3.8) is 0 Å². The number of amides is 1. The van der Waals surface area contributed by atoms with Gasteiger partial charge in [0.15, 0.2) is 11.7 Å². The van der Waals surface area contributed by atoms with Gasteiger partial charge in [-0.05, 0) is 25.0 Å². The van der Waals surface area contributed by atoms with Crippen LogP contribution in [0.25, 0.3) is 0 Å². The first-order valence-electron chi connectivity index (χ1n) is 8.85. The Labute approximate surface area is 153 Å². The van der Waals surface area contributed by atoms with Crippen molar-refractivity contribution >= 4 is 11.9 Å². The molecule has 0 saturated heterocycles. The van der Waals surface area contributed by atoms with Gasteiger partial charge in [-0.1, -0.05) is 19.0 Å². The number of hydrogen-bond acceptors (Lipinski definition) is 5. The fraction of sp³-hybridized carbons (Fsp3) is 0.500. The first-order valence-corrected chi connectivity index (χ1v) is 8.85. The summed E-state index contributed by atoms with van der Waals surface area (Å²) in [6, 6.07) is 5.55. The largest absolute Gasteiger partial charge is 0.467 e. The van der Waals surface area contributed by atoms with Crippen LogP contribution in [0.5, 0.6) is 0 Å². The van der Waals surface area contributed by atoms with E-state index >= 15 is 0 Å². The molecule has 0 unspecified atom stereocenters. The highest BCUT2D eigenvalue weighted by molar-refractivity contribution is 5.86. The van der Waals surface area contributed by atoms with E-state index in [-0.39, 0.29) is 12.5 Å². The number of furan rings is 1. The third-order valence-corrected chi connectivity index (χ3v) is 4.09. The van der Waals surface area contributed by atoms with Crippen LogP contribution in [0.3, 0.4) is 0 Å². The molecule has 8 heteroatoms. The number of carbonyl (C=O) groups excluding carboxylic acids is 1. The molecule has 2 rings (SSSR count). The average Bonchev–Trinajstić information content (AvgIpc) is 3.33. The molecule has 2 aromatic heterocycles. The van der Waals surface area contributed by atoms with Gasteiger partial charge in [-0.3, -0.25) is 9.79 Å². The van der Waals surface area contributed by atoms with Gasteiger partial charge >= 0.3 is 0 Å². The Bertz CT molecular complexity index is 690. The van der Waals surface area contributed by atoms with Gasteiger partial charge in [-0.2, -0.15) is 0 Å². The Hall–Kier alpha value is -2.77. The van der Waals surface area contributed by atoms with Crippen molar-refractivity contribution in [2.24, 2.45) is 4.99 Å². The predicted octanol–water partition coefficient (Wildman–Crippen LogP) is 2.15. The first kappa shape index (κ1) is 19.6. The number of aromatic nitrogens is 1. The third-order valence-electron chi connectivity index (χ3n) is 4.09. The average molecular weight is 361 g/mol. The lowest BCUT2D eigenvalue weighted by Crippen LogP contribution is -2.42. The van der Waals surface area contributed by atoms with Crippen molar-refractivity contribution < 1.29 is 13.7 Å². The molecule has 0 spiro atoms. The van der Waals surface area contributed by atoms with E-state index in [4.69, 9.17) is 8.94 Å². The van der Waals surface area contributed by atoms with Crippen LogP contribution >= 0.6 is 0 Å². The quantitative estimate of drug-likeness (QED) is 0.467. The van der Waals surface area contributed by atoms with Crippen molar-refractivity contribution in [2.45, 2.75) is 45.7 Å². The van der Waals surface area contributed by atoms with Crippen LogP contribution in [-0.2, 0) is 17.9 Å². The highest BCUT2D eigenvalue weighted by Gasteiger charge is 2.13. The highest BCUT2D eigenvalue weighted by Crippen LogP contribution is 2.22. The Balaban J connectivity index is 1.73. The first-order chi connectivity index (χ1) is 12.7. The fourth-order valence-corrected chi connectivity index (χ4v) is 2.53. The summed E-state index contributed by atoms with van der Waals surface area (Å²) in [6.45, 7) is 5.19. The van der Waals surface area contributed by atoms with Gasteiger partial charge in [0, 0.05) is 19.0 Å². The van der Waals surface area contributed by atoms with E-state index in [1.165, 1.54) is 0 Å². The van der Waals surface area contributed by atoms with Crippen molar-refractivity contribution in [3.05, 3.63) is 41.7 Å². The molecule has 8 nitrogen and oxygen atoms in total. The molecule has 0 bridgehead atoms. The van der Waals surface area contributed by atoms with Gasteiger partial charge in [0.25, 0.3) is 0 Å². The molecule has 2 aromatic rings. The molecule has 1 amide bonds. The van der Waals surface area contributed by atoms with Crippen LogP contribution in [0.2, 0.25) is 0 Å². The number of rotatable bonds is 9. The maximum Gasteiger partial charge on any atom is 0.239 e. The predicted molar refractivity (Wildman–Crippen MR) is 98.6 cm³/mol. The van der Waals surface area contributed by atoms with Gasteiger partial charge in [0.1, 0.15) is 5.76 Å². The zero-order chi connectivity index (χ0) is 18.8. The van der Waals surface area contributed by atoms with E-state index in [2.05, 4.69) is 39.9 Å². The molecule has 0 aliphatic heterocycles. The molecule has 0 aromatic carbocycles. The third kappa shape index (κ3) is 5.94. The van der Waals surface area contributed by atoms with Gasteiger partial charge in [0.2, 0.25) is 5.91 Å². The summed E-state index contributed by atoms with van der Waals surface area (Å²) in [7, 11) is 1.64. The lowest BCUT2D eigenvalue weighted by Gasteiger charge is -2.10. The van der Waals surface area contributed by atoms with E-state index < -0.39 is 0 Å². The Morgan fingerprint density at radius 2 is 1.96 bits per heavy atom. The number of nitrogens with zero attached hydrogens (tertiary/aromatic N) is 2. The molecule has 142 valence electrons. The molecule has 0 atom stereocenters. The topological polar surface area (TPSA) is 105 Å². The zero-order valence-electron chi connectivity index (χ0n) is 15.5. The maximum absolute atomic E-state index is 11.9. The number of guanidine groups is 1. The van der Waals surface area contributed by atoms with Gasteiger partial charge in [-0.25, -0.2) is 0 Å². The zero-order valence-corrected chi connectivity index (χ0v) is 15.5. The highest BCUT2D eigenvalue weighted by atomic mass is 16.5. The minimum Gasteiger partial charge on any atom is -0.467 e. The summed E-state index contributed by atoms with van der Waals surface area (Å²) in [6.07, 6.45) is 3.64. The van der Waals surface area contributed by atoms with Gasteiger partial charge in [-0.15, -0.1) is 0 Å². The number of carbonyl (C=O) groups is 1. The summed E-state index contributed by atoms with van der Waals surface area (Å²) < 4.78 is 10.5. The Morgan fingerprint density at radius 3 is 2.62 bits per heavy atom. The van der Waals surface area contributed by atoms with Crippen molar-refractivity contribution in [3.8, 4) is 0 Å². The molecule has 3 N–H and O–H groups in total. The smallest absolute Gasteiger partial charge is 0.239 e. The fourth-order valence-electron chi connectivity index (χ4n) is 2.53. The maximum atomic E-state index is 11.9. The van der Waals surface area contributed by atoms with Crippen molar-refractivity contribution in [2.75, 3.05) is 13.6 Å². The van der Waals surface area contributed by atoms with Crippen LogP contribution in [0.1, 0.15) is 49.8 Å². The molecule has 26 heavy (non-hydrogen) atoms. The van der Waals surface area contributed by atoms with Crippen molar-refractivity contribution in [1.29, 1.82) is 0 Å². The van der Waals surface area contributed by atoms with Crippen LogP contribution < -0.4 is 16.0 Å².